The summed E-state index contributed by atoms with van der Waals surface area (Å²) in [6, 6.07) is 10.7. The average molecular weight is 707 g/mol. The molecule has 1 aromatic carbocycles. The van der Waals surface area contributed by atoms with Gasteiger partial charge in [0.2, 0.25) is 0 Å². The van der Waals surface area contributed by atoms with Crippen LogP contribution in [-0.2, 0) is 20.7 Å². The molecule has 5 N–H and O–H groups in total. The molecule has 1 heterocycles. The van der Waals surface area contributed by atoms with Gasteiger partial charge >= 0.3 is 5.97 Å². The van der Waals surface area contributed by atoms with Crippen molar-refractivity contribution in [3.63, 3.8) is 0 Å². The highest BCUT2D eigenvalue weighted by molar-refractivity contribution is 5.73. The lowest BCUT2D eigenvalue weighted by molar-refractivity contribution is -0.287. The molecular formula is C42H74O8. The standard InChI is InChI=1S/C42H74O8/c1-2-3-4-5-6-7-8-9-10-15-18-21-27-32-36(43)35(41(47)49-33-37-38(44)39(45)40(46)42(48)50-37)31-26-20-17-14-12-11-13-16-19-23-28-34-29-24-22-25-30-34/h22,24-25,29-30,35-40,42-46,48H,2-21,23,26-28,31-33H2,1H3/t35-,36-,37-,38-,39+,40-,42?/m1/s1. The van der Waals surface area contributed by atoms with Crippen molar-refractivity contribution in [2.45, 2.75) is 211 Å². The Morgan fingerprint density at radius 2 is 1.08 bits per heavy atom. The molecule has 0 spiro atoms. The third-order valence-corrected chi connectivity index (χ3v) is 10.5. The number of esters is 1. The number of aliphatic hydroxyl groups is 5. The number of aryl methyl sites for hydroxylation is 1. The quantitative estimate of drug-likeness (QED) is 0.0384. The topological polar surface area (TPSA) is 137 Å². The smallest absolute Gasteiger partial charge is 0.311 e. The van der Waals surface area contributed by atoms with Crippen LogP contribution in [0, 0.1) is 5.92 Å². The lowest BCUT2D eigenvalue weighted by atomic mass is 9.91. The van der Waals surface area contributed by atoms with Crippen molar-refractivity contribution in [1.29, 1.82) is 0 Å². The van der Waals surface area contributed by atoms with Crippen LogP contribution in [0.25, 0.3) is 0 Å². The van der Waals surface area contributed by atoms with E-state index in [9.17, 15) is 30.3 Å². The zero-order valence-electron chi connectivity index (χ0n) is 31.5. The zero-order chi connectivity index (χ0) is 36.2. The van der Waals surface area contributed by atoms with Crippen LogP contribution in [-0.4, -0.2) is 74.9 Å². The van der Waals surface area contributed by atoms with Crippen LogP contribution in [0.5, 0.6) is 0 Å². The summed E-state index contributed by atoms with van der Waals surface area (Å²) in [5.74, 6) is -1.23. The predicted octanol–water partition coefficient (Wildman–Crippen LogP) is 8.32. The third-order valence-electron chi connectivity index (χ3n) is 10.5. The molecule has 7 atom stereocenters. The van der Waals surface area contributed by atoms with Gasteiger partial charge in [-0.2, -0.15) is 0 Å². The monoisotopic (exact) mass is 707 g/mol. The van der Waals surface area contributed by atoms with Gasteiger partial charge in [0.1, 0.15) is 31.0 Å². The van der Waals surface area contributed by atoms with Gasteiger partial charge in [-0.1, -0.05) is 179 Å². The fourth-order valence-electron chi connectivity index (χ4n) is 7.13. The van der Waals surface area contributed by atoms with Crippen molar-refractivity contribution < 1.29 is 39.8 Å². The van der Waals surface area contributed by atoms with Gasteiger partial charge in [0.05, 0.1) is 12.0 Å². The summed E-state index contributed by atoms with van der Waals surface area (Å²) < 4.78 is 10.6. The molecule has 0 amide bonds. The zero-order valence-corrected chi connectivity index (χ0v) is 31.5. The molecule has 8 nitrogen and oxygen atoms in total. The number of hydrogen-bond acceptors (Lipinski definition) is 8. The largest absolute Gasteiger partial charge is 0.463 e. The third kappa shape index (κ3) is 19.9. The Bertz CT molecular complexity index is 930. The fourth-order valence-corrected chi connectivity index (χ4v) is 7.13. The first-order valence-electron chi connectivity index (χ1n) is 20.6. The Labute approximate surface area is 304 Å². The number of hydrogen-bond donors (Lipinski definition) is 5. The van der Waals surface area contributed by atoms with Crippen LogP contribution >= 0.6 is 0 Å². The van der Waals surface area contributed by atoms with Crippen molar-refractivity contribution in [1.82, 2.24) is 0 Å². The first-order valence-corrected chi connectivity index (χ1v) is 20.6. The molecule has 0 aliphatic carbocycles. The minimum Gasteiger partial charge on any atom is -0.463 e. The van der Waals surface area contributed by atoms with Gasteiger partial charge in [-0.3, -0.25) is 4.79 Å². The lowest BCUT2D eigenvalue weighted by Gasteiger charge is -2.38. The molecule has 8 heteroatoms. The maximum absolute atomic E-state index is 13.2. The summed E-state index contributed by atoms with van der Waals surface area (Å²) in [6.45, 7) is 1.87. The van der Waals surface area contributed by atoms with Crippen LogP contribution in [0.3, 0.4) is 0 Å². The molecule has 0 saturated carbocycles. The van der Waals surface area contributed by atoms with E-state index in [1.54, 1.807) is 0 Å². The highest BCUT2D eigenvalue weighted by atomic mass is 16.6. The molecular weight excluding hydrogens is 632 g/mol. The van der Waals surface area contributed by atoms with Gasteiger partial charge < -0.3 is 35.0 Å². The first-order chi connectivity index (χ1) is 24.3. The summed E-state index contributed by atoms with van der Waals surface area (Å²) in [4.78, 5) is 13.2. The van der Waals surface area contributed by atoms with Gasteiger partial charge in [-0.15, -0.1) is 0 Å². The van der Waals surface area contributed by atoms with Crippen molar-refractivity contribution in [2.75, 3.05) is 6.61 Å². The van der Waals surface area contributed by atoms with Crippen LogP contribution in [0.2, 0.25) is 0 Å². The minimum absolute atomic E-state index is 0.380. The summed E-state index contributed by atoms with van der Waals surface area (Å²) in [7, 11) is 0. The minimum atomic E-state index is -1.69. The summed E-state index contributed by atoms with van der Waals surface area (Å²) in [5.41, 5.74) is 1.42. The Kier molecular flexibility index (Phi) is 25.8. The number of carbonyl (C=O) groups is 1. The van der Waals surface area contributed by atoms with Gasteiger partial charge in [0, 0.05) is 0 Å². The van der Waals surface area contributed by atoms with E-state index in [4.69, 9.17) is 9.47 Å². The van der Waals surface area contributed by atoms with Crippen molar-refractivity contribution >= 4 is 5.97 Å². The van der Waals surface area contributed by atoms with E-state index >= 15 is 0 Å². The summed E-state index contributed by atoms with van der Waals surface area (Å²) in [6.07, 6.45) is 21.7. The molecule has 1 unspecified atom stereocenters. The van der Waals surface area contributed by atoms with Crippen molar-refractivity contribution in [3.05, 3.63) is 35.9 Å². The maximum atomic E-state index is 13.2. The SMILES string of the molecule is CCCCCCCCCCCCCCC[C@@H](O)[C@@H](CCCCCCCCCCCCc1ccccc1)C(=O)OC[C@H]1OC(O)[C@H](O)[C@@H](O)[C@@H]1O. The highest BCUT2D eigenvalue weighted by Gasteiger charge is 2.43. The molecule has 290 valence electrons. The number of unbranched alkanes of at least 4 members (excludes halogenated alkanes) is 21. The number of carbonyl (C=O) groups excluding carboxylic acids is 1. The van der Waals surface area contributed by atoms with E-state index in [-0.39, 0.29) is 6.61 Å². The fraction of sp³-hybridized carbons (Fsp3) is 0.833. The number of benzene rings is 1. The van der Waals surface area contributed by atoms with Crippen LogP contribution in [0.4, 0.5) is 0 Å². The Morgan fingerprint density at radius 1 is 0.620 bits per heavy atom. The Hall–Kier alpha value is -1.55. The van der Waals surface area contributed by atoms with Crippen molar-refractivity contribution in [3.8, 4) is 0 Å². The van der Waals surface area contributed by atoms with E-state index in [0.717, 1.165) is 44.9 Å². The first kappa shape index (κ1) is 44.6. The van der Waals surface area contributed by atoms with E-state index in [2.05, 4.69) is 37.3 Å². The molecule has 1 aliphatic rings. The second-order valence-electron chi connectivity index (χ2n) is 14.9. The second-order valence-corrected chi connectivity index (χ2v) is 14.9. The van der Waals surface area contributed by atoms with E-state index in [1.165, 1.54) is 115 Å². The average Bonchev–Trinajstić information content (AvgIpc) is 3.12. The molecule has 2 rings (SSSR count). The van der Waals surface area contributed by atoms with Gasteiger partial charge in [-0.25, -0.2) is 0 Å². The van der Waals surface area contributed by atoms with Crippen LogP contribution < -0.4 is 0 Å². The van der Waals surface area contributed by atoms with Crippen molar-refractivity contribution in [2.24, 2.45) is 5.92 Å². The Balaban J connectivity index is 1.64. The second kappa shape index (κ2) is 29.0. The Morgan fingerprint density at radius 3 is 1.60 bits per heavy atom. The molecule has 0 bridgehead atoms. The molecule has 0 radical (unpaired) electrons. The van der Waals surface area contributed by atoms with E-state index in [1.807, 2.05) is 0 Å². The molecule has 1 aromatic rings. The van der Waals surface area contributed by atoms with E-state index < -0.39 is 48.7 Å². The number of rotatable bonds is 31. The highest BCUT2D eigenvalue weighted by Crippen LogP contribution is 2.24. The van der Waals surface area contributed by atoms with E-state index in [0.29, 0.717) is 12.8 Å². The lowest BCUT2D eigenvalue weighted by Crippen LogP contribution is -2.58. The normalized spacial score (nSPS) is 22.0. The molecule has 1 fully saturated rings. The van der Waals surface area contributed by atoms with Gasteiger partial charge in [0.15, 0.2) is 6.29 Å². The molecule has 50 heavy (non-hydrogen) atoms. The van der Waals surface area contributed by atoms with Gasteiger partial charge in [0.25, 0.3) is 0 Å². The predicted molar refractivity (Wildman–Crippen MR) is 201 cm³/mol. The van der Waals surface area contributed by atoms with Crippen LogP contribution in [0.1, 0.15) is 173 Å². The van der Waals surface area contributed by atoms with Crippen LogP contribution in [0.15, 0.2) is 30.3 Å². The maximum Gasteiger partial charge on any atom is 0.311 e. The van der Waals surface area contributed by atoms with Gasteiger partial charge in [-0.05, 0) is 31.2 Å². The number of ether oxygens (including phenoxy) is 2. The number of aliphatic hydroxyl groups excluding tert-OH is 5. The molecule has 1 saturated heterocycles. The summed E-state index contributed by atoms with van der Waals surface area (Å²) >= 11 is 0. The molecule has 1 aliphatic heterocycles. The summed E-state index contributed by atoms with van der Waals surface area (Å²) in [5, 5.41) is 50.9. The molecule has 0 aromatic heterocycles.